The average Bonchev–Trinajstić information content (AvgIpc) is 2.63. The lowest BCUT2D eigenvalue weighted by atomic mass is 9.93. The summed E-state index contributed by atoms with van der Waals surface area (Å²) in [4.78, 5) is 51.9. The Labute approximate surface area is 201 Å². The van der Waals surface area contributed by atoms with Crippen molar-refractivity contribution < 1.29 is 23.9 Å². The van der Waals surface area contributed by atoms with Gasteiger partial charge < -0.3 is 21.1 Å². The van der Waals surface area contributed by atoms with Gasteiger partial charge in [-0.25, -0.2) is 4.79 Å². The second kappa shape index (κ2) is 11.1. The van der Waals surface area contributed by atoms with Gasteiger partial charge in [-0.1, -0.05) is 24.6 Å². The lowest BCUT2D eigenvalue weighted by Crippen LogP contribution is -2.54. The highest BCUT2D eigenvalue weighted by atomic mass is 16.6. The molecule has 4 amide bonds. The van der Waals surface area contributed by atoms with Crippen molar-refractivity contribution in [2.45, 2.75) is 85.0 Å². The van der Waals surface area contributed by atoms with Crippen LogP contribution in [0.2, 0.25) is 0 Å². The molecule has 34 heavy (non-hydrogen) atoms. The molecule has 1 aromatic rings. The van der Waals surface area contributed by atoms with E-state index in [1.54, 1.807) is 67.5 Å². The van der Waals surface area contributed by atoms with Crippen LogP contribution in [-0.2, 0) is 19.1 Å². The van der Waals surface area contributed by atoms with Gasteiger partial charge in [0.15, 0.2) is 0 Å². The number of primary amides is 1. The molecule has 9 nitrogen and oxygen atoms in total. The first-order valence-corrected chi connectivity index (χ1v) is 10.9. The summed E-state index contributed by atoms with van der Waals surface area (Å²) in [7, 11) is 0. The molecule has 0 aliphatic carbocycles. The molecular formula is C25H36N4O5. The number of carbonyl (C=O) groups is 4. The maximum atomic E-state index is 13.5. The van der Waals surface area contributed by atoms with Crippen LogP contribution in [0.4, 0.5) is 4.79 Å². The first kappa shape index (κ1) is 28.5. The normalized spacial score (nSPS) is 13.1. The van der Waals surface area contributed by atoms with E-state index >= 15 is 0 Å². The number of terminal acetylenes is 1. The zero-order valence-corrected chi connectivity index (χ0v) is 21.2. The van der Waals surface area contributed by atoms with Crippen LogP contribution in [-0.4, -0.2) is 45.9 Å². The molecule has 9 heteroatoms. The molecule has 0 radical (unpaired) electrons. The molecule has 0 bridgehead atoms. The number of hydrogen-bond acceptors (Lipinski definition) is 5. The monoisotopic (exact) mass is 472 g/mol. The van der Waals surface area contributed by atoms with Gasteiger partial charge in [-0.3, -0.25) is 19.3 Å². The summed E-state index contributed by atoms with van der Waals surface area (Å²) in [5.41, 5.74) is 5.90. The Morgan fingerprint density at radius 3 is 2.03 bits per heavy atom. The molecule has 0 fully saturated rings. The van der Waals surface area contributed by atoms with Gasteiger partial charge in [0, 0.05) is 11.6 Å². The topological polar surface area (TPSA) is 131 Å². The number of ether oxygens (including phenoxy) is 1. The standard InChI is InChI=1S/C25H36N4O5/c1-10-29(22(32)17(14-18(26)30)27-23(33)34-25(7,8)9)20(21(31)28-24(4,5)6)19-15(2)12-11-13-16(19)3/h1,11-13,17,20H,14H2,2-9H3,(H2,26,30)(H,27,33)(H,28,31). The lowest BCUT2D eigenvalue weighted by molar-refractivity contribution is -0.140. The fourth-order valence-corrected chi connectivity index (χ4v) is 3.36. The van der Waals surface area contributed by atoms with Gasteiger partial charge in [0.1, 0.15) is 17.7 Å². The number of nitrogens with one attached hydrogen (secondary N) is 2. The van der Waals surface area contributed by atoms with Crippen molar-refractivity contribution in [3.63, 3.8) is 0 Å². The van der Waals surface area contributed by atoms with Crippen molar-refractivity contribution >= 4 is 23.8 Å². The third-order valence-corrected chi connectivity index (χ3v) is 4.59. The molecule has 4 N–H and O–H groups in total. The van der Waals surface area contributed by atoms with E-state index in [4.69, 9.17) is 16.9 Å². The summed E-state index contributed by atoms with van der Waals surface area (Å²) in [6.45, 7) is 14.0. The van der Waals surface area contributed by atoms with Crippen LogP contribution in [0.5, 0.6) is 0 Å². The second-order valence-corrected chi connectivity index (χ2v) is 10.2. The number of amides is 4. The number of nitrogens with zero attached hydrogens (tertiary/aromatic N) is 1. The van der Waals surface area contributed by atoms with E-state index in [1.165, 1.54) is 0 Å². The maximum absolute atomic E-state index is 13.5. The molecule has 2 unspecified atom stereocenters. The van der Waals surface area contributed by atoms with E-state index in [9.17, 15) is 19.2 Å². The Morgan fingerprint density at radius 2 is 1.62 bits per heavy atom. The number of rotatable bonds is 7. The first-order chi connectivity index (χ1) is 15.5. The summed E-state index contributed by atoms with van der Waals surface area (Å²) in [6, 6.07) is 5.07. The van der Waals surface area contributed by atoms with Gasteiger partial charge >= 0.3 is 6.09 Å². The number of nitrogens with two attached hydrogens (primary N) is 1. The predicted molar refractivity (Wildman–Crippen MR) is 129 cm³/mol. The van der Waals surface area contributed by atoms with E-state index in [-0.39, 0.29) is 0 Å². The zero-order valence-electron chi connectivity index (χ0n) is 21.2. The fourth-order valence-electron chi connectivity index (χ4n) is 3.36. The van der Waals surface area contributed by atoms with Crippen LogP contribution < -0.4 is 16.4 Å². The van der Waals surface area contributed by atoms with Crippen molar-refractivity contribution in [1.29, 1.82) is 0 Å². The molecule has 1 rings (SSSR count). The second-order valence-electron chi connectivity index (χ2n) is 10.2. The van der Waals surface area contributed by atoms with E-state index in [1.807, 2.05) is 6.07 Å². The van der Waals surface area contributed by atoms with Crippen LogP contribution in [0.3, 0.4) is 0 Å². The van der Waals surface area contributed by atoms with Gasteiger partial charge in [0.05, 0.1) is 6.42 Å². The van der Waals surface area contributed by atoms with Crippen LogP contribution in [0.1, 0.15) is 70.7 Å². The van der Waals surface area contributed by atoms with Crippen molar-refractivity contribution in [3.8, 4) is 12.5 Å². The highest BCUT2D eigenvalue weighted by Crippen LogP contribution is 2.29. The van der Waals surface area contributed by atoms with E-state index in [0.29, 0.717) is 5.56 Å². The van der Waals surface area contributed by atoms with Crippen LogP contribution in [0.25, 0.3) is 0 Å². The Morgan fingerprint density at radius 1 is 1.09 bits per heavy atom. The zero-order chi connectivity index (χ0) is 26.4. The van der Waals surface area contributed by atoms with Crippen molar-refractivity contribution in [1.82, 2.24) is 15.5 Å². The third kappa shape index (κ3) is 8.43. The minimum absolute atomic E-state index is 0.508. The van der Waals surface area contributed by atoms with Crippen LogP contribution in [0, 0.1) is 26.3 Å². The van der Waals surface area contributed by atoms with Crippen LogP contribution in [0.15, 0.2) is 18.2 Å². The number of carbonyl (C=O) groups excluding carboxylic acids is 4. The molecule has 0 aliphatic heterocycles. The average molecular weight is 473 g/mol. The van der Waals surface area contributed by atoms with Gasteiger partial charge in [-0.2, -0.15) is 0 Å². The molecule has 186 valence electrons. The number of hydrogen-bond donors (Lipinski definition) is 3. The Hall–Kier alpha value is -3.54. The van der Waals surface area contributed by atoms with E-state index in [2.05, 4.69) is 16.7 Å². The van der Waals surface area contributed by atoms with Gasteiger partial charge in [-0.15, -0.1) is 0 Å². The minimum atomic E-state index is -1.43. The highest BCUT2D eigenvalue weighted by Gasteiger charge is 2.38. The Balaban J connectivity index is 3.53. The van der Waals surface area contributed by atoms with Crippen molar-refractivity contribution in [2.24, 2.45) is 5.73 Å². The molecule has 0 aliphatic rings. The number of alkyl carbamates (subject to hydrolysis) is 1. The molecule has 0 saturated heterocycles. The lowest BCUT2D eigenvalue weighted by Gasteiger charge is -2.33. The third-order valence-electron chi connectivity index (χ3n) is 4.59. The first-order valence-electron chi connectivity index (χ1n) is 10.9. The summed E-state index contributed by atoms with van der Waals surface area (Å²) in [6.07, 6.45) is 4.27. The summed E-state index contributed by atoms with van der Waals surface area (Å²) >= 11 is 0. The summed E-state index contributed by atoms with van der Waals surface area (Å²) < 4.78 is 5.21. The molecule has 2 atom stereocenters. The van der Waals surface area contributed by atoms with E-state index < -0.39 is 53.5 Å². The largest absolute Gasteiger partial charge is 0.444 e. The van der Waals surface area contributed by atoms with Crippen molar-refractivity contribution in [3.05, 3.63) is 34.9 Å². The highest BCUT2D eigenvalue weighted by molar-refractivity contribution is 5.96. The molecular weight excluding hydrogens is 436 g/mol. The molecule has 0 spiro atoms. The summed E-state index contributed by atoms with van der Waals surface area (Å²) in [5, 5.41) is 5.22. The Bertz CT molecular complexity index is 962. The Kier molecular flexibility index (Phi) is 9.26. The number of aryl methyl sites for hydroxylation is 2. The number of benzene rings is 1. The van der Waals surface area contributed by atoms with Gasteiger partial charge in [-0.05, 0) is 72.1 Å². The molecule has 0 saturated carbocycles. The van der Waals surface area contributed by atoms with Crippen molar-refractivity contribution in [2.75, 3.05) is 0 Å². The fraction of sp³-hybridized carbons (Fsp3) is 0.520. The smallest absolute Gasteiger partial charge is 0.408 e. The maximum Gasteiger partial charge on any atom is 0.408 e. The molecule has 0 aromatic heterocycles. The molecule has 0 heterocycles. The predicted octanol–water partition coefficient (Wildman–Crippen LogP) is 2.45. The van der Waals surface area contributed by atoms with Gasteiger partial charge in [0.2, 0.25) is 11.8 Å². The minimum Gasteiger partial charge on any atom is -0.444 e. The molecule has 1 aromatic carbocycles. The van der Waals surface area contributed by atoms with Crippen LogP contribution >= 0.6 is 0 Å². The SMILES string of the molecule is C#CN(C(=O)C(CC(N)=O)NC(=O)OC(C)(C)C)C(C(=O)NC(C)(C)C)c1c(C)cccc1C. The van der Waals surface area contributed by atoms with E-state index in [0.717, 1.165) is 16.0 Å². The summed E-state index contributed by atoms with van der Waals surface area (Å²) in [5.74, 6) is -2.19. The quantitative estimate of drug-likeness (QED) is 0.414. The van der Waals surface area contributed by atoms with Gasteiger partial charge in [0.25, 0.3) is 5.91 Å².